The predicted molar refractivity (Wildman–Crippen MR) is 176 cm³/mol. The number of hydrogen-bond donors (Lipinski definition) is 0. The van der Waals surface area contributed by atoms with Crippen LogP contribution in [0.1, 0.15) is 151 Å². The normalized spacial score (nSPS) is 11.4. The summed E-state index contributed by atoms with van der Waals surface area (Å²) >= 11 is 0. The molecule has 0 saturated heterocycles. The van der Waals surface area contributed by atoms with E-state index in [-0.39, 0.29) is 11.9 Å². The van der Waals surface area contributed by atoms with Crippen molar-refractivity contribution in [3.63, 3.8) is 0 Å². The number of carbonyl (C=O) groups is 2. The Hall–Kier alpha value is -1.92. The zero-order chi connectivity index (χ0) is 30.7. The zero-order valence-electron chi connectivity index (χ0n) is 27.8. The average Bonchev–Trinajstić information content (AvgIpc) is 3.00. The molecule has 0 atom stereocenters. The highest BCUT2D eigenvalue weighted by Crippen LogP contribution is 2.10. The van der Waals surface area contributed by atoms with E-state index in [1.165, 1.54) is 103 Å². The largest absolute Gasteiger partial charge is 0.461 e. The lowest BCUT2D eigenvalue weighted by atomic mass is 10.1. The van der Waals surface area contributed by atoms with Crippen LogP contribution in [0.5, 0.6) is 0 Å². The van der Waals surface area contributed by atoms with Gasteiger partial charge in [-0.2, -0.15) is 0 Å². The first kappa shape index (κ1) is 38.1. The van der Waals surface area contributed by atoms with Gasteiger partial charge >= 0.3 is 11.9 Å². The molecule has 0 N–H and O–H groups in total. The minimum atomic E-state index is -0.339. The SMILES string of the molecule is CCCCCCN(CCCCCC)CCOC(=O)c1ccc(C(=O)OCCN(CCCCCC)CCCCCC)cc1. The summed E-state index contributed by atoms with van der Waals surface area (Å²) in [6.45, 7) is 15.5. The fraction of sp³-hybridized carbons (Fsp3) is 0.778. The second kappa shape index (κ2) is 26.7. The fourth-order valence-corrected chi connectivity index (χ4v) is 5.16. The lowest BCUT2D eigenvalue weighted by molar-refractivity contribution is 0.0446. The van der Waals surface area contributed by atoms with E-state index >= 15 is 0 Å². The molecule has 0 radical (unpaired) electrons. The van der Waals surface area contributed by atoms with E-state index in [1.54, 1.807) is 24.3 Å². The minimum absolute atomic E-state index is 0.339. The summed E-state index contributed by atoms with van der Waals surface area (Å²) in [5.41, 5.74) is 0.934. The van der Waals surface area contributed by atoms with Crippen LogP contribution in [0.3, 0.4) is 0 Å². The van der Waals surface area contributed by atoms with Gasteiger partial charge in [0.25, 0.3) is 0 Å². The van der Waals surface area contributed by atoms with Gasteiger partial charge < -0.3 is 9.47 Å². The van der Waals surface area contributed by atoms with Gasteiger partial charge in [0.2, 0.25) is 0 Å². The first-order valence-electron chi connectivity index (χ1n) is 17.4. The van der Waals surface area contributed by atoms with E-state index in [2.05, 4.69) is 37.5 Å². The third kappa shape index (κ3) is 19.3. The number of rotatable bonds is 28. The zero-order valence-corrected chi connectivity index (χ0v) is 27.8. The van der Waals surface area contributed by atoms with Crippen LogP contribution in [0.15, 0.2) is 24.3 Å². The van der Waals surface area contributed by atoms with Crippen molar-refractivity contribution in [2.45, 2.75) is 130 Å². The summed E-state index contributed by atoms with van der Waals surface area (Å²) in [5.74, 6) is -0.678. The van der Waals surface area contributed by atoms with Crippen LogP contribution in [-0.2, 0) is 9.47 Å². The molecule has 42 heavy (non-hydrogen) atoms. The molecule has 0 spiro atoms. The summed E-state index contributed by atoms with van der Waals surface area (Å²) in [6, 6.07) is 6.67. The Kier molecular flexibility index (Phi) is 24.2. The highest BCUT2D eigenvalue weighted by atomic mass is 16.5. The third-order valence-electron chi connectivity index (χ3n) is 7.95. The van der Waals surface area contributed by atoms with Crippen molar-refractivity contribution in [3.8, 4) is 0 Å². The average molecular weight is 589 g/mol. The van der Waals surface area contributed by atoms with E-state index in [4.69, 9.17) is 9.47 Å². The van der Waals surface area contributed by atoms with Crippen molar-refractivity contribution in [3.05, 3.63) is 35.4 Å². The number of carbonyl (C=O) groups excluding carboxylic acids is 2. The molecule has 242 valence electrons. The number of benzene rings is 1. The molecule has 0 fully saturated rings. The second-order valence-electron chi connectivity index (χ2n) is 11.8. The smallest absolute Gasteiger partial charge is 0.338 e. The standard InChI is InChI=1S/C36H64N2O4/c1-5-9-13-17-25-37(26-18-14-10-6-2)29-31-41-35(39)33-21-23-34(24-22-33)36(40)42-32-30-38(27-19-15-11-7-3)28-20-16-12-8-4/h21-24H,5-20,25-32H2,1-4H3. The molecule has 0 aliphatic heterocycles. The Balaban J connectivity index is 2.47. The monoisotopic (exact) mass is 588 g/mol. The first-order chi connectivity index (χ1) is 20.5. The molecule has 0 aliphatic rings. The maximum atomic E-state index is 12.6. The molecule has 0 aliphatic carbocycles. The van der Waals surface area contributed by atoms with Crippen LogP contribution in [0.25, 0.3) is 0 Å². The summed E-state index contributed by atoms with van der Waals surface area (Å²) in [6.07, 6.45) is 19.9. The number of nitrogens with zero attached hydrogens (tertiary/aromatic N) is 2. The maximum absolute atomic E-state index is 12.6. The molecule has 1 rings (SSSR count). The highest BCUT2D eigenvalue weighted by molar-refractivity contribution is 5.93. The van der Waals surface area contributed by atoms with Crippen LogP contribution in [-0.4, -0.2) is 74.2 Å². The summed E-state index contributed by atoms with van der Waals surface area (Å²) in [5, 5.41) is 0. The molecule has 6 nitrogen and oxygen atoms in total. The van der Waals surface area contributed by atoms with Crippen molar-refractivity contribution < 1.29 is 19.1 Å². The van der Waals surface area contributed by atoms with Crippen molar-refractivity contribution >= 4 is 11.9 Å². The van der Waals surface area contributed by atoms with Crippen molar-refractivity contribution in [1.82, 2.24) is 9.80 Å². The van der Waals surface area contributed by atoms with Crippen LogP contribution in [0, 0.1) is 0 Å². The summed E-state index contributed by atoms with van der Waals surface area (Å²) in [7, 11) is 0. The molecule has 1 aromatic carbocycles. The maximum Gasteiger partial charge on any atom is 0.338 e. The van der Waals surface area contributed by atoms with Gasteiger partial charge in [0.05, 0.1) is 11.1 Å². The molecular formula is C36H64N2O4. The van der Waals surface area contributed by atoms with Gasteiger partial charge in [-0.25, -0.2) is 9.59 Å². The van der Waals surface area contributed by atoms with Crippen LogP contribution in [0.4, 0.5) is 0 Å². The Morgan fingerprint density at radius 2 is 0.738 bits per heavy atom. The number of unbranched alkanes of at least 4 members (excludes halogenated alkanes) is 12. The van der Waals surface area contributed by atoms with E-state index in [0.717, 1.165) is 39.3 Å². The van der Waals surface area contributed by atoms with Gasteiger partial charge in [0.1, 0.15) is 13.2 Å². The van der Waals surface area contributed by atoms with Crippen LogP contribution >= 0.6 is 0 Å². The minimum Gasteiger partial charge on any atom is -0.461 e. The van der Waals surface area contributed by atoms with Gasteiger partial charge in [-0.1, -0.05) is 105 Å². The first-order valence-corrected chi connectivity index (χ1v) is 17.4. The molecule has 0 aromatic heterocycles. The summed E-state index contributed by atoms with van der Waals surface area (Å²) in [4.78, 5) is 30.2. The van der Waals surface area contributed by atoms with Crippen LogP contribution < -0.4 is 0 Å². The predicted octanol–water partition coefficient (Wildman–Crippen LogP) is 8.93. The Bertz CT molecular complexity index is 694. The third-order valence-corrected chi connectivity index (χ3v) is 7.95. The Morgan fingerprint density at radius 1 is 0.452 bits per heavy atom. The number of ether oxygens (including phenoxy) is 2. The molecule has 0 heterocycles. The fourth-order valence-electron chi connectivity index (χ4n) is 5.16. The molecule has 0 saturated carbocycles. The van der Waals surface area contributed by atoms with Gasteiger partial charge in [0.15, 0.2) is 0 Å². The quantitative estimate of drug-likeness (QED) is 0.0719. The van der Waals surface area contributed by atoms with E-state index < -0.39 is 0 Å². The van der Waals surface area contributed by atoms with Gasteiger partial charge in [-0.3, -0.25) is 9.80 Å². The van der Waals surface area contributed by atoms with Gasteiger partial charge in [-0.15, -0.1) is 0 Å². The topological polar surface area (TPSA) is 59.1 Å². The van der Waals surface area contributed by atoms with E-state index in [0.29, 0.717) is 24.3 Å². The van der Waals surface area contributed by atoms with Gasteiger partial charge in [-0.05, 0) is 76.1 Å². The van der Waals surface area contributed by atoms with Crippen molar-refractivity contribution in [2.75, 3.05) is 52.5 Å². The molecule has 0 amide bonds. The second-order valence-corrected chi connectivity index (χ2v) is 11.8. The van der Waals surface area contributed by atoms with E-state index in [1.807, 2.05) is 0 Å². The molecular weight excluding hydrogens is 524 g/mol. The molecule has 0 unspecified atom stereocenters. The van der Waals surface area contributed by atoms with E-state index in [9.17, 15) is 9.59 Å². The van der Waals surface area contributed by atoms with Crippen molar-refractivity contribution in [1.29, 1.82) is 0 Å². The molecule has 0 bridgehead atoms. The number of esters is 2. The van der Waals surface area contributed by atoms with Crippen molar-refractivity contribution in [2.24, 2.45) is 0 Å². The summed E-state index contributed by atoms with van der Waals surface area (Å²) < 4.78 is 11.2. The lowest BCUT2D eigenvalue weighted by Gasteiger charge is -2.22. The highest BCUT2D eigenvalue weighted by Gasteiger charge is 2.13. The Labute approximate surface area is 258 Å². The number of hydrogen-bond acceptors (Lipinski definition) is 6. The Morgan fingerprint density at radius 3 is 1.00 bits per heavy atom. The molecule has 1 aromatic rings. The molecule has 6 heteroatoms. The van der Waals surface area contributed by atoms with Crippen LogP contribution in [0.2, 0.25) is 0 Å². The van der Waals surface area contributed by atoms with Gasteiger partial charge in [0, 0.05) is 13.1 Å². The lowest BCUT2D eigenvalue weighted by Crippen LogP contribution is -2.30.